The summed E-state index contributed by atoms with van der Waals surface area (Å²) in [5.74, 6) is 0. The van der Waals surface area contributed by atoms with E-state index < -0.39 is 7.42 Å². The summed E-state index contributed by atoms with van der Waals surface area (Å²) < 4.78 is 0. The Bertz CT molecular complexity index is 240. The fourth-order valence-electron chi connectivity index (χ4n) is 1.68. The number of rotatable bonds is 1. The van der Waals surface area contributed by atoms with E-state index in [1.807, 2.05) is 0 Å². The lowest BCUT2D eigenvalue weighted by molar-refractivity contribution is 1.12. The van der Waals surface area contributed by atoms with Crippen LogP contribution < -0.4 is 0 Å². The Morgan fingerprint density at radius 1 is 0.917 bits per heavy atom. The van der Waals surface area contributed by atoms with Crippen molar-refractivity contribution in [3.63, 3.8) is 0 Å². The Balaban J connectivity index is 3.08. The first kappa shape index (κ1) is 10.4. The molecule has 1 rings (SSSR count). The molecule has 0 aliphatic heterocycles. The van der Waals surface area contributed by atoms with Gasteiger partial charge in [0.25, 0.3) is 7.42 Å². The zero-order valence-corrected chi connectivity index (χ0v) is 10.3. The molecule has 67 valence electrons. The van der Waals surface area contributed by atoms with E-state index in [4.69, 9.17) is 22.2 Å². The van der Waals surface area contributed by atoms with Crippen LogP contribution in [-0.4, -0.2) is 7.42 Å². The van der Waals surface area contributed by atoms with Gasteiger partial charge in [-0.1, -0.05) is 11.1 Å². The maximum atomic E-state index is 6.00. The van der Waals surface area contributed by atoms with Gasteiger partial charge in [-0.05, 0) is 38.8 Å². The lowest BCUT2D eigenvalue weighted by Gasteiger charge is -2.13. The highest BCUT2D eigenvalue weighted by Crippen LogP contribution is 2.44. The molecule has 3 heteroatoms. The third-order valence-corrected chi connectivity index (χ3v) is 5.44. The molecule has 0 amide bonds. The second-order valence-electron chi connectivity index (χ2n) is 3.34. The van der Waals surface area contributed by atoms with Gasteiger partial charge in [-0.2, -0.15) is 0 Å². The highest BCUT2D eigenvalue weighted by Gasteiger charge is 2.30. The molecule has 1 aliphatic carbocycles. The molecular weight excluding hydrogens is 207 g/mol. The molecule has 0 bridgehead atoms. The molecule has 0 aromatic rings. The summed E-state index contributed by atoms with van der Waals surface area (Å²) in [6.45, 7) is 8.56. The van der Waals surface area contributed by atoms with Crippen LogP contribution in [0.5, 0.6) is 0 Å². The molecule has 12 heavy (non-hydrogen) atoms. The highest BCUT2D eigenvalue weighted by molar-refractivity contribution is 7.34. The van der Waals surface area contributed by atoms with Crippen LogP contribution in [0.3, 0.4) is 0 Å². The minimum absolute atomic E-state index is 0.346. The minimum atomic E-state index is -1.25. The number of halogens is 2. The van der Waals surface area contributed by atoms with E-state index in [-0.39, 0.29) is 0 Å². The standard InChI is InChI=1S/C9H13Cl2Si/c1-5-6(2)8(4)9(7(5)3)12(10)11/h9H,1-4H3. The average molecular weight is 220 g/mol. The summed E-state index contributed by atoms with van der Waals surface area (Å²) in [6, 6.07) is 0. The Morgan fingerprint density at radius 3 is 1.42 bits per heavy atom. The molecule has 1 radical (unpaired) electrons. The molecule has 0 fully saturated rings. The summed E-state index contributed by atoms with van der Waals surface area (Å²) in [5.41, 5.74) is 5.83. The van der Waals surface area contributed by atoms with Crippen LogP contribution >= 0.6 is 22.2 Å². The molecule has 0 saturated heterocycles. The van der Waals surface area contributed by atoms with E-state index in [0.717, 1.165) is 0 Å². The Labute approximate surface area is 85.3 Å². The van der Waals surface area contributed by atoms with Gasteiger partial charge in [-0.3, -0.25) is 0 Å². The SMILES string of the molecule is CC1=C(C)C([Si](Cl)Cl)C(C)=C1C. The van der Waals surface area contributed by atoms with Gasteiger partial charge >= 0.3 is 0 Å². The van der Waals surface area contributed by atoms with E-state index in [1.54, 1.807) is 0 Å². The maximum absolute atomic E-state index is 6.00. The average Bonchev–Trinajstić information content (AvgIpc) is 2.16. The van der Waals surface area contributed by atoms with E-state index in [9.17, 15) is 0 Å². The van der Waals surface area contributed by atoms with Crippen molar-refractivity contribution < 1.29 is 0 Å². The minimum Gasteiger partial charge on any atom is -0.146 e. The number of hydrogen-bond acceptors (Lipinski definition) is 0. The van der Waals surface area contributed by atoms with Crippen molar-refractivity contribution in [2.45, 2.75) is 33.2 Å². The summed E-state index contributed by atoms with van der Waals surface area (Å²) in [5, 5.41) is 0. The largest absolute Gasteiger partial charge is 0.285 e. The fourth-order valence-corrected chi connectivity index (χ4v) is 4.73. The van der Waals surface area contributed by atoms with Crippen molar-refractivity contribution in [2.75, 3.05) is 0 Å². The van der Waals surface area contributed by atoms with E-state index in [2.05, 4.69) is 27.7 Å². The molecule has 1 aliphatic rings. The number of allylic oxidation sites excluding steroid dienone is 4. The molecule has 0 aromatic heterocycles. The first-order valence-corrected chi connectivity index (χ1v) is 7.60. The van der Waals surface area contributed by atoms with Crippen LogP contribution in [0.1, 0.15) is 27.7 Å². The zero-order valence-electron chi connectivity index (χ0n) is 7.83. The van der Waals surface area contributed by atoms with Crippen molar-refractivity contribution in [2.24, 2.45) is 0 Å². The number of hydrogen-bond donors (Lipinski definition) is 0. The van der Waals surface area contributed by atoms with E-state index >= 15 is 0 Å². The lowest BCUT2D eigenvalue weighted by Crippen LogP contribution is -2.07. The molecule has 0 atom stereocenters. The normalized spacial score (nSPS) is 20.2. The zero-order chi connectivity index (χ0) is 9.46. The molecule has 0 spiro atoms. The van der Waals surface area contributed by atoms with Crippen LogP contribution in [0.4, 0.5) is 0 Å². The predicted octanol–water partition coefficient (Wildman–Crippen LogP) is 4.01. The molecule has 0 saturated carbocycles. The third kappa shape index (κ3) is 1.50. The van der Waals surface area contributed by atoms with Crippen molar-refractivity contribution in [3.05, 3.63) is 22.3 Å². The van der Waals surface area contributed by atoms with Crippen molar-refractivity contribution in [1.29, 1.82) is 0 Å². The van der Waals surface area contributed by atoms with Gasteiger partial charge in [0, 0.05) is 5.54 Å². The topological polar surface area (TPSA) is 0 Å². The van der Waals surface area contributed by atoms with Crippen LogP contribution in [0.25, 0.3) is 0 Å². The Kier molecular flexibility index (Phi) is 3.08. The fraction of sp³-hybridized carbons (Fsp3) is 0.556. The second-order valence-corrected chi connectivity index (χ2v) is 7.52. The maximum Gasteiger partial charge on any atom is 0.285 e. The van der Waals surface area contributed by atoms with Gasteiger partial charge in [0.15, 0.2) is 0 Å². The summed E-state index contributed by atoms with van der Waals surface area (Å²) in [7, 11) is -1.25. The van der Waals surface area contributed by atoms with E-state index in [1.165, 1.54) is 22.3 Å². The molecule has 0 unspecified atom stereocenters. The van der Waals surface area contributed by atoms with Gasteiger partial charge in [0.2, 0.25) is 0 Å². The quantitative estimate of drug-likeness (QED) is 0.462. The predicted molar refractivity (Wildman–Crippen MR) is 58.0 cm³/mol. The monoisotopic (exact) mass is 219 g/mol. The Hall–Kier alpha value is 0.277. The van der Waals surface area contributed by atoms with Crippen molar-refractivity contribution in [1.82, 2.24) is 0 Å². The van der Waals surface area contributed by atoms with Gasteiger partial charge in [-0.25, -0.2) is 0 Å². The molecule has 0 heterocycles. The van der Waals surface area contributed by atoms with Gasteiger partial charge < -0.3 is 0 Å². The first-order valence-electron chi connectivity index (χ1n) is 3.99. The molecular formula is C9H13Cl2Si. The van der Waals surface area contributed by atoms with Crippen LogP contribution in [-0.2, 0) is 0 Å². The third-order valence-electron chi connectivity index (χ3n) is 2.83. The van der Waals surface area contributed by atoms with Crippen LogP contribution in [0.15, 0.2) is 22.3 Å². The lowest BCUT2D eigenvalue weighted by atomic mass is 10.1. The van der Waals surface area contributed by atoms with Gasteiger partial charge in [0.1, 0.15) is 0 Å². The summed E-state index contributed by atoms with van der Waals surface area (Å²) in [4.78, 5) is 0. The molecule has 0 N–H and O–H groups in total. The van der Waals surface area contributed by atoms with Gasteiger partial charge in [0.05, 0.1) is 0 Å². The Morgan fingerprint density at radius 2 is 1.25 bits per heavy atom. The summed E-state index contributed by atoms with van der Waals surface area (Å²) in [6.07, 6.45) is 0. The molecule has 0 aromatic carbocycles. The van der Waals surface area contributed by atoms with Crippen molar-refractivity contribution >= 4 is 29.6 Å². The van der Waals surface area contributed by atoms with Crippen LogP contribution in [0, 0.1) is 0 Å². The first-order chi connectivity index (χ1) is 5.46. The van der Waals surface area contributed by atoms with Crippen LogP contribution in [0.2, 0.25) is 5.54 Å². The summed E-state index contributed by atoms with van der Waals surface area (Å²) >= 11 is 12.0. The van der Waals surface area contributed by atoms with Gasteiger partial charge in [-0.15, -0.1) is 22.2 Å². The second kappa shape index (κ2) is 3.57. The molecule has 0 nitrogen and oxygen atoms in total. The van der Waals surface area contributed by atoms with E-state index in [0.29, 0.717) is 5.54 Å². The highest BCUT2D eigenvalue weighted by atomic mass is 35.7. The van der Waals surface area contributed by atoms with Crippen molar-refractivity contribution in [3.8, 4) is 0 Å². The smallest absolute Gasteiger partial charge is 0.146 e.